The Hall–Kier alpha value is -1.35. The molecular weight excluding hydrogens is 212 g/mol. The summed E-state index contributed by atoms with van der Waals surface area (Å²) in [5.41, 5.74) is 1.01. The van der Waals surface area contributed by atoms with E-state index in [1.54, 1.807) is 0 Å². The molecule has 0 aliphatic carbocycles. The predicted molar refractivity (Wildman–Crippen MR) is 70.1 cm³/mol. The Morgan fingerprint density at radius 2 is 2.18 bits per heavy atom. The predicted octanol–water partition coefficient (Wildman–Crippen LogP) is 2.04. The monoisotopic (exact) mass is 232 g/mol. The van der Waals surface area contributed by atoms with Gasteiger partial charge in [0.15, 0.2) is 0 Å². The number of nitrogens with one attached hydrogen (secondary N) is 1. The van der Waals surface area contributed by atoms with Gasteiger partial charge in [-0.15, -0.1) is 0 Å². The second-order valence-electron chi connectivity index (χ2n) is 4.46. The van der Waals surface area contributed by atoms with Gasteiger partial charge in [-0.05, 0) is 38.4 Å². The molecule has 3 heteroatoms. The summed E-state index contributed by atoms with van der Waals surface area (Å²) in [5.74, 6) is 0.398. The smallest absolute Gasteiger partial charge is 0.231 e. The van der Waals surface area contributed by atoms with E-state index in [0.717, 1.165) is 38.2 Å². The molecule has 0 bridgehead atoms. The zero-order valence-corrected chi connectivity index (χ0v) is 10.4. The molecule has 0 saturated carbocycles. The van der Waals surface area contributed by atoms with Gasteiger partial charge in [0.05, 0.1) is 5.92 Å². The van der Waals surface area contributed by atoms with Crippen LogP contribution >= 0.6 is 0 Å². The molecule has 0 aromatic heterocycles. The summed E-state index contributed by atoms with van der Waals surface area (Å²) in [4.78, 5) is 14.3. The molecule has 1 aromatic rings. The molecule has 1 aliphatic rings. The molecule has 1 atom stereocenters. The Kier molecular flexibility index (Phi) is 4.15. The molecular formula is C14H20N2O. The fraction of sp³-hybridized carbons (Fsp3) is 0.500. The third-order valence-electron chi connectivity index (χ3n) is 3.30. The number of piperidine rings is 1. The van der Waals surface area contributed by atoms with Crippen molar-refractivity contribution in [1.82, 2.24) is 5.32 Å². The number of carbonyl (C=O) groups excluding carboxylic acids is 1. The van der Waals surface area contributed by atoms with Crippen LogP contribution in [0.3, 0.4) is 0 Å². The lowest BCUT2D eigenvalue weighted by molar-refractivity contribution is -0.122. The third kappa shape index (κ3) is 2.86. The average Bonchev–Trinajstić information content (AvgIpc) is 2.42. The van der Waals surface area contributed by atoms with Crippen molar-refractivity contribution < 1.29 is 4.79 Å². The number of amides is 1. The molecule has 17 heavy (non-hydrogen) atoms. The van der Waals surface area contributed by atoms with Crippen molar-refractivity contribution in [3.05, 3.63) is 30.3 Å². The number of anilines is 1. The summed E-state index contributed by atoms with van der Waals surface area (Å²) in [7, 11) is 0. The van der Waals surface area contributed by atoms with Crippen LogP contribution in [0.1, 0.15) is 19.8 Å². The van der Waals surface area contributed by atoms with Gasteiger partial charge in [-0.3, -0.25) is 4.79 Å². The number of hydrogen-bond donors (Lipinski definition) is 1. The minimum absolute atomic E-state index is 0.143. The fourth-order valence-corrected chi connectivity index (χ4v) is 2.36. The quantitative estimate of drug-likeness (QED) is 0.865. The highest BCUT2D eigenvalue weighted by Gasteiger charge is 2.25. The van der Waals surface area contributed by atoms with E-state index in [4.69, 9.17) is 0 Å². The van der Waals surface area contributed by atoms with Crippen LogP contribution in [0.15, 0.2) is 30.3 Å². The van der Waals surface area contributed by atoms with Crippen molar-refractivity contribution in [3.8, 4) is 0 Å². The first kappa shape index (κ1) is 12.1. The second kappa shape index (κ2) is 5.82. The van der Waals surface area contributed by atoms with Gasteiger partial charge in [0.25, 0.3) is 0 Å². The summed E-state index contributed by atoms with van der Waals surface area (Å²) in [5, 5.41) is 3.30. The molecule has 92 valence electrons. The van der Waals surface area contributed by atoms with Crippen molar-refractivity contribution >= 4 is 11.6 Å². The van der Waals surface area contributed by atoms with Gasteiger partial charge in [0, 0.05) is 18.8 Å². The lowest BCUT2D eigenvalue weighted by Crippen LogP contribution is -2.43. The van der Waals surface area contributed by atoms with Gasteiger partial charge in [-0.25, -0.2) is 0 Å². The second-order valence-corrected chi connectivity index (χ2v) is 4.46. The summed E-state index contributed by atoms with van der Waals surface area (Å²) in [6, 6.07) is 9.92. The molecule has 1 saturated heterocycles. The van der Waals surface area contributed by atoms with E-state index < -0.39 is 0 Å². The molecule has 3 nitrogen and oxygen atoms in total. The average molecular weight is 232 g/mol. The number of benzene rings is 1. The maximum Gasteiger partial charge on any atom is 0.231 e. The van der Waals surface area contributed by atoms with E-state index in [-0.39, 0.29) is 11.8 Å². The van der Waals surface area contributed by atoms with Crippen LogP contribution < -0.4 is 10.2 Å². The van der Waals surface area contributed by atoms with Crippen LogP contribution in [0.5, 0.6) is 0 Å². The van der Waals surface area contributed by atoms with Crippen molar-refractivity contribution in [3.63, 3.8) is 0 Å². The summed E-state index contributed by atoms with van der Waals surface area (Å²) in [6.07, 6.45) is 2.11. The lowest BCUT2D eigenvalue weighted by Gasteiger charge is -2.29. The van der Waals surface area contributed by atoms with Gasteiger partial charge < -0.3 is 10.2 Å². The van der Waals surface area contributed by atoms with Gasteiger partial charge >= 0.3 is 0 Å². The Morgan fingerprint density at radius 3 is 2.76 bits per heavy atom. The highest BCUT2D eigenvalue weighted by molar-refractivity contribution is 5.95. The normalized spacial score (nSPS) is 19.9. The Bertz CT molecular complexity index is 358. The van der Waals surface area contributed by atoms with Crippen LogP contribution in [-0.2, 0) is 4.79 Å². The maximum atomic E-state index is 12.4. The van der Waals surface area contributed by atoms with Crippen LogP contribution in [0, 0.1) is 5.92 Å². The first-order valence-electron chi connectivity index (χ1n) is 6.40. The van der Waals surface area contributed by atoms with Gasteiger partial charge in [-0.2, -0.15) is 0 Å². The molecule has 1 aromatic carbocycles. The van der Waals surface area contributed by atoms with E-state index in [1.165, 1.54) is 0 Å². The Labute approximate surface area is 103 Å². The van der Waals surface area contributed by atoms with Gasteiger partial charge in [0.1, 0.15) is 0 Å². The third-order valence-corrected chi connectivity index (χ3v) is 3.30. The molecule has 2 rings (SSSR count). The minimum Gasteiger partial charge on any atom is -0.316 e. The summed E-state index contributed by atoms with van der Waals surface area (Å²) >= 11 is 0. The molecule has 1 unspecified atom stereocenters. The van der Waals surface area contributed by atoms with Gasteiger partial charge in [0.2, 0.25) is 5.91 Å². The number of carbonyl (C=O) groups is 1. The molecule has 1 amide bonds. The van der Waals surface area contributed by atoms with Crippen molar-refractivity contribution in [1.29, 1.82) is 0 Å². The topological polar surface area (TPSA) is 32.3 Å². The molecule has 1 N–H and O–H groups in total. The van der Waals surface area contributed by atoms with E-state index >= 15 is 0 Å². The van der Waals surface area contributed by atoms with E-state index in [0.29, 0.717) is 0 Å². The van der Waals surface area contributed by atoms with E-state index in [1.807, 2.05) is 42.2 Å². The molecule has 0 radical (unpaired) electrons. The number of para-hydroxylation sites is 1. The van der Waals surface area contributed by atoms with Crippen LogP contribution in [0.25, 0.3) is 0 Å². The summed E-state index contributed by atoms with van der Waals surface area (Å²) in [6.45, 7) is 4.63. The first-order valence-corrected chi connectivity index (χ1v) is 6.40. The van der Waals surface area contributed by atoms with E-state index in [9.17, 15) is 4.79 Å². The highest BCUT2D eigenvalue weighted by atomic mass is 16.2. The van der Waals surface area contributed by atoms with Crippen molar-refractivity contribution in [2.75, 3.05) is 24.5 Å². The standard InChI is InChI=1S/C14H20N2O/c1-2-16(13-8-4-3-5-9-13)14(17)12-7-6-10-15-11-12/h3-5,8-9,12,15H,2,6-7,10-11H2,1H3. The van der Waals surface area contributed by atoms with Crippen LogP contribution in [-0.4, -0.2) is 25.5 Å². The zero-order chi connectivity index (χ0) is 12.1. The van der Waals surface area contributed by atoms with Crippen molar-refractivity contribution in [2.24, 2.45) is 5.92 Å². The SMILES string of the molecule is CCN(C(=O)C1CCCNC1)c1ccccc1. The first-order chi connectivity index (χ1) is 8.33. The number of rotatable bonds is 3. The number of hydrogen-bond acceptors (Lipinski definition) is 2. The molecule has 1 aliphatic heterocycles. The van der Waals surface area contributed by atoms with Gasteiger partial charge in [-0.1, -0.05) is 18.2 Å². The lowest BCUT2D eigenvalue weighted by atomic mass is 9.98. The zero-order valence-electron chi connectivity index (χ0n) is 10.4. The summed E-state index contributed by atoms with van der Waals surface area (Å²) < 4.78 is 0. The highest BCUT2D eigenvalue weighted by Crippen LogP contribution is 2.19. The Morgan fingerprint density at radius 1 is 1.41 bits per heavy atom. The molecule has 1 fully saturated rings. The van der Waals surface area contributed by atoms with Crippen molar-refractivity contribution in [2.45, 2.75) is 19.8 Å². The largest absolute Gasteiger partial charge is 0.316 e. The number of nitrogens with zero attached hydrogens (tertiary/aromatic N) is 1. The minimum atomic E-state index is 0.143. The van der Waals surface area contributed by atoms with Crippen LogP contribution in [0.2, 0.25) is 0 Å². The molecule has 0 spiro atoms. The molecule has 1 heterocycles. The fourth-order valence-electron chi connectivity index (χ4n) is 2.36. The van der Waals surface area contributed by atoms with E-state index in [2.05, 4.69) is 5.32 Å². The Balaban J connectivity index is 2.10. The van der Waals surface area contributed by atoms with Crippen LogP contribution in [0.4, 0.5) is 5.69 Å². The maximum absolute atomic E-state index is 12.4.